The van der Waals surface area contributed by atoms with Crippen molar-refractivity contribution in [2.45, 2.75) is 38.1 Å². The number of hydrogen-bond acceptors (Lipinski definition) is 4. The van der Waals surface area contributed by atoms with Crippen LogP contribution in [0, 0.1) is 0 Å². The van der Waals surface area contributed by atoms with Gasteiger partial charge in [0.25, 0.3) is 10.2 Å². The second kappa shape index (κ2) is 5.54. The number of carbonyl (C=O) groups is 1. The van der Waals surface area contributed by atoms with E-state index in [0.717, 1.165) is 25.7 Å². The van der Waals surface area contributed by atoms with Crippen LogP contribution in [-0.4, -0.2) is 55.8 Å². The largest absolute Gasteiger partial charge is 0.468 e. The van der Waals surface area contributed by atoms with Crippen molar-refractivity contribution >= 4 is 16.2 Å². The Morgan fingerprint density at radius 2 is 1.72 bits per heavy atom. The summed E-state index contributed by atoms with van der Waals surface area (Å²) in [6.45, 7) is 1.54. The second-order valence-corrected chi connectivity index (χ2v) is 6.64. The Hall–Kier alpha value is -0.660. The lowest BCUT2D eigenvalue weighted by Crippen LogP contribution is -2.53. The van der Waals surface area contributed by atoms with Gasteiger partial charge in [-0.05, 0) is 32.1 Å². The van der Waals surface area contributed by atoms with Gasteiger partial charge >= 0.3 is 5.97 Å². The standard InChI is InChI=1S/C11H20N2O4S/c1-17-11(14)10-6-2-3-9-13(10)18(15,16)12-7-4-5-8-12/h10H,2-9H2,1H3. The molecule has 0 saturated carbocycles. The molecule has 2 saturated heterocycles. The molecule has 2 heterocycles. The Labute approximate surface area is 108 Å². The second-order valence-electron chi connectivity index (χ2n) is 4.76. The number of hydrogen-bond donors (Lipinski definition) is 0. The summed E-state index contributed by atoms with van der Waals surface area (Å²) in [7, 11) is -2.20. The Bertz CT molecular complexity index is 403. The minimum atomic E-state index is -3.50. The molecule has 0 N–H and O–H groups in total. The van der Waals surface area contributed by atoms with Crippen LogP contribution in [0.1, 0.15) is 32.1 Å². The van der Waals surface area contributed by atoms with Crippen LogP contribution < -0.4 is 0 Å². The SMILES string of the molecule is COC(=O)C1CCCCN1S(=O)(=O)N1CCCC1. The Balaban J connectivity index is 2.19. The smallest absolute Gasteiger partial charge is 0.324 e. The number of methoxy groups -OCH3 is 1. The van der Waals surface area contributed by atoms with Gasteiger partial charge in [0, 0.05) is 19.6 Å². The fourth-order valence-corrected chi connectivity index (χ4v) is 4.51. The maximum absolute atomic E-state index is 12.5. The maximum atomic E-state index is 12.5. The van der Waals surface area contributed by atoms with E-state index in [2.05, 4.69) is 0 Å². The lowest BCUT2D eigenvalue weighted by molar-refractivity contribution is -0.146. The molecular weight excluding hydrogens is 256 g/mol. The van der Waals surface area contributed by atoms with E-state index in [0.29, 0.717) is 26.1 Å². The number of piperidine rings is 1. The number of esters is 1. The summed E-state index contributed by atoms with van der Waals surface area (Å²) in [4.78, 5) is 11.7. The van der Waals surface area contributed by atoms with Crippen molar-refractivity contribution in [3.05, 3.63) is 0 Å². The molecular formula is C11H20N2O4S. The molecule has 104 valence electrons. The van der Waals surface area contributed by atoms with E-state index in [-0.39, 0.29) is 0 Å². The summed E-state index contributed by atoms with van der Waals surface area (Å²) in [5.41, 5.74) is 0. The van der Waals surface area contributed by atoms with Crippen molar-refractivity contribution in [1.29, 1.82) is 0 Å². The first-order chi connectivity index (χ1) is 8.57. The average molecular weight is 276 g/mol. The topological polar surface area (TPSA) is 66.9 Å². The maximum Gasteiger partial charge on any atom is 0.324 e. The van der Waals surface area contributed by atoms with E-state index in [9.17, 15) is 13.2 Å². The minimum Gasteiger partial charge on any atom is -0.468 e. The predicted octanol–water partition coefficient (Wildman–Crippen LogP) is 0.354. The van der Waals surface area contributed by atoms with E-state index in [1.54, 1.807) is 0 Å². The van der Waals surface area contributed by atoms with Gasteiger partial charge in [-0.25, -0.2) is 0 Å². The van der Waals surface area contributed by atoms with E-state index in [4.69, 9.17) is 4.74 Å². The van der Waals surface area contributed by atoms with Crippen molar-refractivity contribution in [1.82, 2.24) is 8.61 Å². The van der Waals surface area contributed by atoms with Crippen molar-refractivity contribution in [2.24, 2.45) is 0 Å². The van der Waals surface area contributed by atoms with E-state index in [1.165, 1.54) is 15.7 Å². The van der Waals surface area contributed by atoms with E-state index in [1.807, 2.05) is 0 Å². The van der Waals surface area contributed by atoms with Gasteiger partial charge in [0.2, 0.25) is 0 Å². The lowest BCUT2D eigenvalue weighted by Gasteiger charge is -2.35. The van der Waals surface area contributed by atoms with Gasteiger partial charge in [0.05, 0.1) is 7.11 Å². The molecule has 0 aliphatic carbocycles. The third kappa shape index (κ3) is 2.53. The molecule has 0 aromatic carbocycles. The van der Waals surface area contributed by atoms with Crippen LogP contribution in [0.4, 0.5) is 0 Å². The third-order valence-corrected chi connectivity index (χ3v) is 5.66. The number of ether oxygens (including phenoxy) is 1. The van der Waals surface area contributed by atoms with Crippen LogP contribution in [0.2, 0.25) is 0 Å². The number of nitrogens with zero attached hydrogens (tertiary/aromatic N) is 2. The van der Waals surface area contributed by atoms with Crippen LogP contribution in [0.3, 0.4) is 0 Å². The molecule has 0 bridgehead atoms. The van der Waals surface area contributed by atoms with Gasteiger partial charge < -0.3 is 4.74 Å². The normalized spacial score (nSPS) is 27.3. The van der Waals surface area contributed by atoms with Crippen LogP contribution in [-0.2, 0) is 19.7 Å². The van der Waals surface area contributed by atoms with E-state index >= 15 is 0 Å². The molecule has 0 aromatic heterocycles. The quantitative estimate of drug-likeness (QED) is 0.698. The summed E-state index contributed by atoms with van der Waals surface area (Å²) in [5, 5.41) is 0. The van der Waals surface area contributed by atoms with Gasteiger partial charge in [0.15, 0.2) is 0 Å². The molecule has 2 fully saturated rings. The molecule has 0 spiro atoms. The predicted molar refractivity (Wildman–Crippen MR) is 66.1 cm³/mol. The van der Waals surface area contributed by atoms with Gasteiger partial charge in [-0.15, -0.1) is 0 Å². The van der Waals surface area contributed by atoms with Crippen LogP contribution in [0.5, 0.6) is 0 Å². The summed E-state index contributed by atoms with van der Waals surface area (Å²) in [5.74, 6) is -0.447. The summed E-state index contributed by atoms with van der Waals surface area (Å²) in [6, 6.07) is -0.644. The average Bonchev–Trinajstić information content (AvgIpc) is 2.92. The van der Waals surface area contributed by atoms with Crippen molar-refractivity contribution in [3.63, 3.8) is 0 Å². The zero-order chi connectivity index (χ0) is 13.2. The van der Waals surface area contributed by atoms with E-state index < -0.39 is 22.2 Å². The van der Waals surface area contributed by atoms with Gasteiger partial charge in [-0.3, -0.25) is 4.79 Å². The number of rotatable bonds is 3. The van der Waals surface area contributed by atoms with Gasteiger partial charge in [-0.1, -0.05) is 0 Å². The zero-order valence-electron chi connectivity index (χ0n) is 10.7. The molecule has 0 amide bonds. The summed E-state index contributed by atoms with van der Waals surface area (Å²) in [6.07, 6.45) is 4.03. The zero-order valence-corrected chi connectivity index (χ0v) is 11.5. The third-order valence-electron chi connectivity index (χ3n) is 3.61. The van der Waals surface area contributed by atoms with Crippen LogP contribution >= 0.6 is 0 Å². The highest BCUT2D eigenvalue weighted by molar-refractivity contribution is 7.86. The van der Waals surface area contributed by atoms with Gasteiger partial charge in [-0.2, -0.15) is 17.0 Å². The van der Waals surface area contributed by atoms with Crippen LogP contribution in [0.15, 0.2) is 0 Å². The lowest BCUT2D eigenvalue weighted by atomic mass is 10.1. The highest BCUT2D eigenvalue weighted by Gasteiger charge is 2.41. The Morgan fingerprint density at radius 3 is 2.33 bits per heavy atom. The summed E-state index contributed by atoms with van der Waals surface area (Å²) >= 11 is 0. The first-order valence-electron chi connectivity index (χ1n) is 6.42. The molecule has 18 heavy (non-hydrogen) atoms. The highest BCUT2D eigenvalue weighted by atomic mass is 32.2. The summed E-state index contributed by atoms with van der Waals surface area (Å²) < 4.78 is 32.4. The van der Waals surface area contributed by atoms with Crippen molar-refractivity contribution in [3.8, 4) is 0 Å². The Morgan fingerprint density at radius 1 is 1.11 bits per heavy atom. The fraction of sp³-hybridized carbons (Fsp3) is 0.909. The molecule has 1 unspecified atom stereocenters. The molecule has 7 heteroatoms. The van der Waals surface area contributed by atoms with Crippen molar-refractivity contribution in [2.75, 3.05) is 26.7 Å². The molecule has 0 radical (unpaired) electrons. The minimum absolute atomic E-state index is 0.415. The monoisotopic (exact) mass is 276 g/mol. The molecule has 6 nitrogen and oxygen atoms in total. The first-order valence-corrected chi connectivity index (χ1v) is 7.82. The molecule has 0 aromatic rings. The highest BCUT2D eigenvalue weighted by Crippen LogP contribution is 2.25. The molecule has 2 aliphatic heterocycles. The molecule has 1 atom stereocenters. The van der Waals surface area contributed by atoms with Crippen LogP contribution in [0.25, 0.3) is 0 Å². The Kier molecular flexibility index (Phi) is 4.24. The van der Waals surface area contributed by atoms with Gasteiger partial charge in [0.1, 0.15) is 6.04 Å². The fourth-order valence-electron chi connectivity index (χ4n) is 2.62. The van der Waals surface area contributed by atoms with Crippen molar-refractivity contribution < 1.29 is 17.9 Å². The number of carbonyl (C=O) groups excluding carboxylic acids is 1. The molecule has 2 aliphatic rings. The first kappa shape index (κ1) is 13.8. The molecule has 2 rings (SSSR count).